The first kappa shape index (κ1) is 31.9. The topological polar surface area (TPSA) is 56.7 Å². The molecule has 0 aliphatic heterocycles. The van der Waals surface area contributed by atoms with Gasteiger partial charge in [-0.3, -0.25) is 0 Å². The highest BCUT2D eigenvalue weighted by Gasteiger charge is 2.18. The Balaban J connectivity index is 0.994. The summed E-state index contributed by atoms with van der Waals surface area (Å²) in [5.41, 5.74) is 10.3. The Labute approximate surface area is 330 Å². The van der Waals surface area contributed by atoms with Crippen molar-refractivity contribution in [1.29, 1.82) is 0 Å². The summed E-state index contributed by atoms with van der Waals surface area (Å²) in [6.45, 7) is 0. The van der Waals surface area contributed by atoms with Crippen LogP contribution in [0.5, 0.6) is 0 Å². The van der Waals surface area contributed by atoms with E-state index in [1.807, 2.05) is 84.1 Å². The summed E-state index contributed by atoms with van der Waals surface area (Å²) in [4.78, 5) is 14.9. The number of thiophene rings is 1. The van der Waals surface area contributed by atoms with Crippen molar-refractivity contribution < 1.29 is 4.42 Å². The summed E-state index contributed by atoms with van der Waals surface area (Å²) >= 11 is 1.84. The van der Waals surface area contributed by atoms with E-state index in [4.69, 9.17) is 19.4 Å². The van der Waals surface area contributed by atoms with Crippen molar-refractivity contribution in [2.75, 3.05) is 0 Å². The Bertz CT molecular complexity index is 3420. The van der Waals surface area contributed by atoms with Gasteiger partial charge in [0.25, 0.3) is 0 Å². The Hall–Kier alpha value is -7.41. The third-order valence-corrected chi connectivity index (χ3v) is 12.2. The monoisotopic (exact) mass is 746 g/mol. The first-order chi connectivity index (χ1) is 28.2. The molecule has 4 heterocycles. The molecule has 4 aromatic heterocycles. The number of fused-ring (bicyclic) bond motifs is 9. The number of benzene rings is 8. The number of hydrogen-bond acceptors (Lipinski definition) is 5. The van der Waals surface area contributed by atoms with Gasteiger partial charge in [-0.1, -0.05) is 121 Å². The molecule has 0 aliphatic rings. The molecule has 57 heavy (non-hydrogen) atoms. The maximum Gasteiger partial charge on any atom is 0.164 e. The molecule has 0 fully saturated rings. The minimum Gasteiger partial charge on any atom is -0.456 e. The Morgan fingerprint density at radius 3 is 1.70 bits per heavy atom. The third-order valence-electron chi connectivity index (χ3n) is 11.1. The number of para-hydroxylation sites is 2. The zero-order valence-corrected chi connectivity index (χ0v) is 31.2. The van der Waals surface area contributed by atoms with E-state index in [2.05, 4.69) is 114 Å². The lowest BCUT2D eigenvalue weighted by molar-refractivity contribution is 0.669. The standard InChI is InChI=1S/C51H30N4OS/c1-3-12-31(13-4-1)49-52-50(32-14-5-2-6-15-32)54-51(53-49)34-22-26-44-41(29-34)48-36(18-11-21-45(48)56-44)33-23-27-46-40(28-33)39-25-24-35(30-47(39)57-46)55-42-19-9-7-16-37(42)38-17-8-10-20-43(38)55/h1-30H. The molecule has 266 valence electrons. The molecule has 0 amide bonds. The smallest absolute Gasteiger partial charge is 0.164 e. The molecule has 0 aliphatic carbocycles. The van der Waals surface area contributed by atoms with Crippen molar-refractivity contribution in [3.05, 3.63) is 182 Å². The zero-order chi connectivity index (χ0) is 37.5. The third kappa shape index (κ3) is 5.12. The Morgan fingerprint density at radius 1 is 0.386 bits per heavy atom. The molecular weight excluding hydrogens is 717 g/mol. The van der Waals surface area contributed by atoms with Gasteiger partial charge in [-0.2, -0.15) is 0 Å². The van der Waals surface area contributed by atoms with Crippen LogP contribution in [0.4, 0.5) is 0 Å². The maximum atomic E-state index is 6.49. The van der Waals surface area contributed by atoms with Gasteiger partial charge in [-0.15, -0.1) is 11.3 Å². The summed E-state index contributed by atoms with van der Waals surface area (Å²) in [5, 5.41) is 7.13. The molecule has 0 N–H and O–H groups in total. The highest BCUT2D eigenvalue weighted by atomic mass is 32.1. The second kappa shape index (κ2) is 12.6. The first-order valence-electron chi connectivity index (χ1n) is 19.0. The normalized spacial score (nSPS) is 11.9. The van der Waals surface area contributed by atoms with E-state index in [1.165, 1.54) is 47.7 Å². The summed E-state index contributed by atoms with van der Waals surface area (Å²) in [5.74, 6) is 1.88. The summed E-state index contributed by atoms with van der Waals surface area (Å²) in [6, 6.07) is 63.8. The predicted molar refractivity (Wildman–Crippen MR) is 236 cm³/mol. The van der Waals surface area contributed by atoms with E-state index < -0.39 is 0 Å². The van der Waals surface area contributed by atoms with Crippen LogP contribution in [0.3, 0.4) is 0 Å². The highest BCUT2D eigenvalue weighted by Crippen LogP contribution is 2.42. The molecule has 0 saturated carbocycles. The Morgan fingerprint density at radius 2 is 1.00 bits per heavy atom. The van der Waals surface area contributed by atoms with Crippen LogP contribution in [-0.4, -0.2) is 19.5 Å². The number of aromatic nitrogens is 4. The molecule has 0 bridgehead atoms. The van der Waals surface area contributed by atoms with E-state index in [9.17, 15) is 0 Å². The van der Waals surface area contributed by atoms with Gasteiger partial charge in [0.15, 0.2) is 17.5 Å². The molecule has 6 heteroatoms. The zero-order valence-electron chi connectivity index (χ0n) is 30.4. The SMILES string of the molecule is c1ccc(-c2nc(-c3ccccc3)nc(-c3ccc4oc5cccc(-c6ccc7sc8cc(-n9c%10ccccc%10c%10ccccc%109)ccc8c7c6)c5c4c3)n2)cc1. The van der Waals surface area contributed by atoms with Crippen LogP contribution in [-0.2, 0) is 0 Å². The fraction of sp³-hybridized carbons (Fsp3) is 0. The molecule has 0 spiro atoms. The van der Waals surface area contributed by atoms with Crippen molar-refractivity contribution in [3.8, 4) is 51.0 Å². The number of nitrogens with zero attached hydrogens (tertiary/aromatic N) is 4. The molecule has 12 rings (SSSR count). The van der Waals surface area contributed by atoms with Crippen molar-refractivity contribution >= 4 is 75.3 Å². The van der Waals surface area contributed by atoms with Crippen LogP contribution in [0.15, 0.2) is 186 Å². The van der Waals surface area contributed by atoms with E-state index in [1.54, 1.807) is 0 Å². The van der Waals surface area contributed by atoms with Gasteiger partial charge >= 0.3 is 0 Å². The second-order valence-electron chi connectivity index (χ2n) is 14.4. The molecule has 0 saturated heterocycles. The van der Waals surface area contributed by atoms with Gasteiger partial charge in [0, 0.05) is 64.1 Å². The average Bonchev–Trinajstić information content (AvgIpc) is 3.95. The molecule has 0 atom stereocenters. The van der Waals surface area contributed by atoms with Crippen molar-refractivity contribution in [1.82, 2.24) is 19.5 Å². The number of furan rings is 1. The van der Waals surface area contributed by atoms with Gasteiger partial charge in [0.2, 0.25) is 0 Å². The van der Waals surface area contributed by atoms with E-state index in [0.717, 1.165) is 49.8 Å². The molecule has 8 aromatic carbocycles. The van der Waals surface area contributed by atoms with Crippen molar-refractivity contribution in [2.45, 2.75) is 0 Å². The summed E-state index contributed by atoms with van der Waals surface area (Å²) in [7, 11) is 0. The quantitative estimate of drug-likeness (QED) is 0.176. The fourth-order valence-corrected chi connectivity index (χ4v) is 9.54. The van der Waals surface area contributed by atoms with Gasteiger partial charge < -0.3 is 8.98 Å². The van der Waals surface area contributed by atoms with Gasteiger partial charge in [0.1, 0.15) is 11.2 Å². The molecule has 0 unspecified atom stereocenters. The van der Waals surface area contributed by atoms with Crippen molar-refractivity contribution in [3.63, 3.8) is 0 Å². The average molecular weight is 747 g/mol. The minimum atomic E-state index is 0.614. The van der Waals surface area contributed by atoms with Crippen molar-refractivity contribution in [2.24, 2.45) is 0 Å². The van der Waals surface area contributed by atoms with E-state index >= 15 is 0 Å². The lowest BCUT2D eigenvalue weighted by Crippen LogP contribution is -2.00. The molecule has 12 aromatic rings. The molecule has 0 radical (unpaired) electrons. The van der Waals surface area contributed by atoms with Crippen LogP contribution in [0.2, 0.25) is 0 Å². The van der Waals surface area contributed by atoms with Gasteiger partial charge in [0.05, 0.1) is 11.0 Å². The van der Waals surface area contributed by atoms with Gasteiger partial charge in [-0.25, -0.2) is 15.0 Å². The van der Waals surface area contributed by atoms with Crippen LogP contribution in [0, 0.1) is 0 Å². The van der Waals surface area contributed by atoms with E-state index in [-0.39, 0.29) is 0 Å². The Kier molecular flexibility index (Phi) is 7.03. The largest absolute Gasteiger partial charge is 0.456 e. The van der Waals surface area contributed by atoms with Crippen LogP contribution in [0.1, 0.15) is 0 Å². The predicted octanol–water partition coefficient (Wildman–Crippen LogP) is 13.9. The first-order valence-corrected chi connectivity index (χ1v) is 19.8. The van der Waals surface area contributed by atoms with E-state index in [0.29, 0.717) is 17.5 Å². The highest BCUT2D eigenvalue weighted by molar-refractivity contribution is 7.25. The van der Waals surface area contributed by atoms with Crippen LogP contribution >= 0.6 is 11.3 Å². The lowest BCUT2D eigenvalue weighted by atomic mass is 9.97. The van der Waals surface area contributed by atoms with Gasteiger partial charge in [-0.05, 0) is 71.8 Å². The maximum absolute atomic E-state index is 6.49. The van der Waals surface area contributed by atoms with Crippen LogP contribution in [0.25, 0.3) is 115 Å². The second-order valence-corrected chi connectivity index (χ2v) is 15.5. The molecular formula is C51H30N4OS. The summed E-state index contributed by atoms with van der Waals surface area (Å²) < 4.78 is 11.4. The number of rotatable bonds is 5. The fourth-order valence-electron chi connectivity index (χ4n) is 8.42. The lowest BCUT2D eigenvalue weighted by Gasteiger charge is -2.09. The summed E-state index contributed by atoms with van der Waals surface area (Å²) in [6.07, 6.45) is 0. The number of hydrogen-bond donors (Lipinski definition) is 0. The minimum absolute atomic E-state index is 0.614. The molecule has 5 nitrogen and oxygen atoms in total. The van der Waals surface area contributed by atoms with Crippen LogP contribution < -0.4 is 0 Å².